The molecule has 0 aliphatic heterocycles. The molecule has 0 aromatic rings. The van der Waals surface area contributed by atoms with Crippen LogP contribution in [0.15, 0.2) is 0 Å². The first-order chi connectivity index (χ1) is 6.19. The number of hydrogen-bond donors (Lipinski definition) is 2. The highest BCUT2D eigenvalue weighted by Gasteiger charge is 2.22. The molecule has 0 saturated heterocycles. The zero-order valence-corrected chi connectivity index (χ0v) is 9.86. The summed E-state index contributed by atoms with van der Waals surface area (Å²) < 4.78 is 26.6. The summed E-state index contributed by atoms with van der Waals surface area (Å²) in [5.74, 6) is -0.140. The fourth-order valence-corrected chi connectivity index (χ4v) is 1.47. The highest BCUT2D eigenvalue weighted by Crippen LogP contribution is 2.13. The van der Waals surface area contributed by atoms with Gasteiger partial charge in [-0.15, -0.1) is 0 Å². The fraction of sp³-hybridized carbons (Fsp3) is 0.875. The largest absolute Gasteiger partial charge is 0.298 e. The lowest BCUT2D eigenvalue weighted by Crippen LogP contribution is -2.41. The summed E-state index contributed by atoms with van der Waals surface area (Å²) in [6.07, 6.45) is 0. The van der Waals surface area contributed by atoms with Crippen molar-refractivity contribution in [2.75, 3.05) is 13.1 Å². The van der Waals surface area contributed by atoms with Crippen LogP contribution in [0.1, 0.15) is 27.7 Å². The van der Waals surface area contributed by atoms with Gasteiger partial charge < -0.3 is 0 Å². The van der Waals surface area contributed by atoms with Crippen LogP contribution in [0, 0.1) is 5.41 Å². The lowest BCUT2D eigenvalue weighted by Gasteiger charge is -2.16. The first-order valence-corrected chi connectivity index (χ1v) is 5.95. The van der Waals surface area contributed by atoms with Crippen molar-refractivity contribution >= 4 is 16.0 Å². The van der Waals surface area contributed by atoms with Gasteiger partial charge in [-0.1, -0.05) is 27.7 Å². The molecule has 6 heteroatoms. The maximum absolute atomic E-state index is 11.4. The molecule has 0 aliphatic carbocycles. The Bertz CT molecular complexity index is 290. The van der Waals surface area contributed by atoms with Gasteiger partial charge >= 0.3 is 0 Å². The Morgan fingerprint density at radius 3 is 2.07 bits per heavy atom. The molecule has 84 valence electrons. The summed E-state index contributed by atoms with van der Waals surface area (Å²) in [7, 11) is -3.51. The predicted octanol–water partition coefficient (Wildman–Crippen LogP) is 0.0455. The van der Waals surface area contributed by atoms with Crippen LogP contribution in [0.5, 0.6) is 0 Å². The zero-order valence-electron chi connectivity index (χ0n) is 9.05. The average molecular weight is 222 g/mol. The Hall–Kier alpha value is -0.460. The second kappa shape index (κ2) is 4.86. The third-order valence-corrected chi connectivity index (χ3v) is 2.79. The van der Waals surface area contributed by atoms with Crippen molar-refractivity contribution in [1.82, 2.24) is 9.44 Å². The summed E-state index contributed by atoms with van der Waals surface area (Å²) in [6, 6.07) is 0. The molecule has 0 bridgehead atoms. The van der Waals surface area contributed by atoms with Crippen LogP contribution in [0.3, 0.4) is 0 Å². The topological polar surface area (TPSA) is 75.3 Å². The Labute approximate surface area is 85.5 Å². The monoisotopic (exact) mass is 222 g/mol. The first kappa shape index (κ1) is 13.5. The zero-order chi connectivity index (χ0) is 11.4. The Morgan fingerprint density at radius 2 is 1.71 bits per heavy atom. The van der Waals surface area contributed by atoms with E-state index in [1.54, 1.807) is 27.7 Å². The van der Waals surface area contributed by atoms with Gasteiger partial charge in [-0.2, -0.15) is 13.1 Å². The molecular formula is C8H18N2O3S. The SMILES string of the molecule is CCNS(=O)(=O)NCC(=O)C(C)(C)C. The van der Waals surface area contributed by atoms with Crippen LogP contribution >= 0.6 is 0 Å². The smallest absolute Gasteiger partial charge is 0.277 e. The molecule has 0 radical (unpaired) electrons. The second-order valence-corrected chi connectivity index (χ2v) is 5.58. The van der Waals surface area contributed by atoms with Gasteiger partial charge in [0.1, 0.15) is 0 Å². The highest BCUT2D eigenvalue weighted by molar-refractivity contribution is 7.87. The number of carbonyl (C=O) groups is 1. The number of hydrogen-bond acceptors (Lipinski definition) is 3. The lowest BCUT2D eigenvalue weighted by atomic mass is 9.91. The van der Waals surface area contributed by atoms with Crippen molar-refractivity contribution < 1.29 is 13.2 Å². The van der Waals surface area contributed by atoms with Gasteiger partial charge in [-0.05, 0) is 0 Å². The van der Waals surface area contributed by atoms with E-state index < -0.39 is 15.6 Å². The van der Waals surface area contributed by atoms with Crippen LogP contribution in [0.25, 0.3) is 0 Å². The highest BCUT2D eigenvalue weighted by atomic mass is 32.2. The maximum atomic E-state index is 11.4. The van der Waals surface area contributed by atoms with E-state index >= 15 is 0 Å². The van der Waals surface area contributed by atoms with E-state index in [2.05, 4.69) is 9.44 Å². The standard InChI is InChI=1S/C8H18N2O3S/c1-5-9-14(12,13)10-6-7(11)8(2,3)4/h9-10H,5-6H2,1-4H3. The van der Waals surface area contributed by atoms with Gasteiger partial charge in [0.15, 0.2) is 5.78 Å². The van der Waals surface area contributed by atoms with Crippen LogP contribution in [-0.4, -0.2) is 27.3 Å². The average Bonchev–Trinajstić information content (AvgIpc) is 1.98. The minimum absolute atomic E-state index is 0.140. The maximum Gasteiger partial charge on any atom is 0.277 e. The van der Waals surface area contributed by atoms with Crippen LogP contribution in [0.4, 0.5) is 0 Å². The molecule has 0 aromatic heterocycles. The van der Waals surface area contributed by atoms with Gasteiger partial charge in [0.2, 0.25) is 0 Å². The molecule has 2 N–H and O–H groups in total. The Morgan fingerprint density at radius 1 is 1.21 bits per heavy atom. The van der Waals surface area contributed by atoms with Gasteiger partial charge in [0, 0.05) is 12.0 Å². The van der Waals surface area contributed by atoms with Gasteiger partial charge in [0.05, 0.1) is 6.54 Å². The fourth-order valence-electron chi connectivity index (χ4n) is 0.667. The molecule has 5 nitrogen and oxygen atoms in total. The van der Waals surface area contributed by atoms with E-state index in [0.717, 1.165) is 0 Å². The summed E-state index contributed by atoms with van der Waals surface area (Å²) in [6.45, 7) is 7.05. The molecule has 0 spiro atoms. The van der Waals surface area contributed by atoms with E-state index in [0.29, 0.717) is 6.54 Å². The molecule has 0 unspecified atom stereocenters. The molecule has 0 amide bonds. The van der Waals surface area contributed by atoms with Crippen molar-refractivity contribution in [2.45, 2.75) is 27.7 Å². The van der Waals surface area contributed by atoms with Crippen molar-refractivity contribution in [3.63, 3.8) is 0 Å². The van der Waals surface area contributed by atoms with E-state index in [1.165, 1.54) is 0 Å². The molecule has 0 saturated carbocycles. The lowest BCUT2D eigenvalue weighted by molar-refractivity contribution is -0.125. The molecule has 0 fully saturated rings. The van der Waals surface area contributed by atoms with Crippen LogP contribution < -0.4 is 9.44 Å². The minimum Gasteiger partial charge on any atom is -0.298 e. The summed E-state index contributed by atoms with van der Waals surface area (Å²) >= 11 is 0. The molecular weight excluding hydrogens is 204 g/mol. The molecule has 0 aromatic carbocycles. The van der Waals surface area contributed by atoms with Crippen LogP contribution in [-0.2, 0) is 15.0 Å². The van der Waals surface area contributed by atoms with Crippen LogP contribution in [0.2, 0.25) is 0 Å². The molecule has 0 aliphatic rings. The van der Waals surface area contributed by atoms with Gasteiger partial charge in [-0.3, -0.25) is 4.79 Å². The molecule has 14 heavy (non-hydrogen) atoms. The van der Waals surface area contributed by atoms with E-state index in [4.69, 9.17) is 0 Å². The van der Waals surface area contributed by atoms with Crippen molar-refractivity contribution in [3.8, 4) is 0 Å². The number of nitrogens with one attached hydrogen (secondary N) is 2. The van der Waals surface area contributed by atoms with Gasteiger partial charge in [-0.25, -0.2) is 4.72 Å². The summed E-state index contributed by atoms with van der Waals surface area (Å²) in [5.41, 5.74) is -0.519. The summed E-state index contributed by atoms with van der Waals surface area (Å²) in [4.78, 5) is 11.4. The number of ketones is 1. The van der Waals surface area contributed by atoms with Gasteiger partial charge in [0.25, 0.3) is 10.2 Å². The molecule has 0 atom stereocenters. The molecule has 0 rings (SSSR count). The predicted molar refractivity (Wildman–Crippen MR) is 55.1 cm³/mol. The third kappa shape index (κ3) is 5.31. The number of carbonyl (C=O) groups excluding carboxylic acids is 1. The van der Waals surface area contributed by atoms with E-state index in [-0.39, 0.29) is 12.3 Å². The normalized spacial score (nSPS) is 12.9. The molecule has 0 heterocycles. The van der Waals surface area contributed by atoms with Crippen molar-refractivity contribution in [2.24, 2.45) is 5.41 Å². The van der Waals surface area contributed by atoms with Crippen molar-refractivity contribution in [3.05, 3.63) is 0 Å². The summed E-state index contributed by atoms with van der Waals surface area (Å²) in [5, 5.41) is 0. The third-order valence-electron chi connectivity index (χ3n) is 1.59. The first-order valence-electron chi connectivity index (χ1n) is 4.46. The Balaban J connectivity index is 4.14. The van der Waals surface area contributed by atoms with E-state index in [1.807, 2.05) is 0 Å². The second-order valence-electron chi connectivity index (χ2n) is 4.00. The number of rotatable bonds is 5. The van der Waals surface area contributed by atoms with E-state index in [9.17, 15) is 13.2 Å². The quantitative estimate of drug-likeness (QED) is 0.690. The number of Topliss-reactive ketones (excluding diaryl/α,β-unsaturated/α-hetero) is 1. The minimum atomic E-state index is -3.51. The Kier molecular flexibility index (Phi) is 4.70. The van der Waals surface area contributed by atoms with Crippen molar-refractivity contribution in [1.29, 1.82) is 0 Å².